The summed E-state index contributed by atoms with van der Waals surface area (Å²) in [7, 11) is 0. The lowest BCUT2D eigenvalue weighted by Gasteiger charge is -2.40. The van der Waals surface area contributed by atoms with Gasteiger partial charge >= 0.3 is 5.97 Å². The van der Waals surface area contributed by atoms with E-state index in [9.17, 15) is 9.90 Å². The van der Waals surface area contributed by atoms with Crippen LogP contribution in [0.15, 0.2) is 53.1 Å². The van der Waals surface area contributed by atoms with Gasteiger partial charge in [0.15, 0.2) is 0 Å². The lowest BCUT2D eigenvalue weighted by atomic mass is 9.94. The fourth-order valence-corrected chi connectivity index (χ4v) is 6.77. The first kappa shape index (κ1) is 23.0. The standard InChI is InChI=1S/C31H34N2O4/c1-19-4-2-3-5-26(19)28-27(29(37-32-28)20-6-7-20)18-36-25-16-23-12-13-24(17-25)33(23)22-10-8-21(9-11-22)31(14-15-31)30(34)35/h2-5,8-11,20,23-25H,6-7,12-18H2,1H3,(H,34,35)/t23-,24?,25?/m0/s1. The predicted molar refractivity (Wildman–Crippen MR) is 141 cm³/mol. The molecule has 0 amide bonds. The van der Waals surface area contributed by atoms with Gasteiger partial charge in [-0.05, 0) is 81.5 Å². The maximum absolute atomic E-state index is 11.7. The second-order valence-electron chi connectivity index (χ2n) is 11.6. The molecule has 3 aromatic rings. The second-order valence-corrected chi connectivity index (χ2v) is 11.6. The van der Waals surface area contributed by atoms with Crippen LogP contribution in [0.3, 0.4) is 0 Å². The molecule has 0 radical (unpaired) electrons. The summed E-state index contributed by atoms with van der Waals surface area (Å²) in [6, 6.07) is 17.6. The van der Waals surface area contributed by atoms with Crippen molar-refractivity contribution >= 4 is 11.7 Å². The fraction of sp³-hybridized carbons (Fsp3) is 0.484. The molecule has 37 heavy (non-hydrogen) atoms. The van der Waals surface area contributed by atoms with Crippen molar-refractivity contribution in [3.63, 3.8) is 0 Å². The van der Waals surface area contributed by atoms with Crippen LogP contribution in [0.4, 0.5) is 5.69 Å². The first-order chi connectivity index (χ1) is 18.0. The average molecular weight is 499 g/mol. The van der Waals surface area contributed by atoms with Crippen molar-refractivity contribution in [2.75, 3.05) is 4.90 Å². The third-order valence-corrected chi connectivity index (χ3v) is 9.20. The van der Waals surface area contributed by atoms with Gasteiger partial charge in [-0.2, -0.15) is 0 Å². The van der Waals surface area contributed by atoms with Gasteiger partial charge in [0.25, 0.3) is 0 Å². The largest absolute Gasteiger partial charge is 0.481 e. The van der Waals surface area contributed by atoms with Crippen LogP contribution in [0.25, 0.3) is 11.3 Å². The Morgan fingerprint density at radius 3 is 2.38 bits per heavy atom. The highest BCUT2D eigenvalue weighted by Gasteiger charge is 2.51. The van der Waals surface area contributed by atoms with E-state index in [1.807, 2.05) is 12.1 Å². The Balaban J connectivity index is 1.06. The van der Waals surface area contributed by atoms with Crippen LogP contribution < -0.4 is 4.90 Å². The molecule has 7 rings (SSSR count). The minimum atomic E-state index is -0.693. The molecule has 6 nitrogen and oxygen atoms in total. The number of carbonyl (C=O) groups is 1. The SMILES string of the molecule is Cc1ccccc1-c1noc(C2CC2)c1COC1CC2CC[C@@H](C1)N2c1ccc(C2(C(=O)O)CC2)cc1. The number of aliphatic carboxylic acids is 1. The van der Waals surface area contributed by atoms with Gasteiger partial charge in [-0.1, -0.05) is 41.6 Å². The first-order valence-electron chi connectivity index (χ1n) is 13.8. The van der Waals surface area contributed by atoms with Gasteiger partial charge in [0.1, 0.15) is 11.5 Å². The maximum atomic E-state index is 11.7. The molecule has 1 N–H and O–H groups in total. The Morgan fingerprint density at radius 2 is 1.76 bits per heavy atom. The van der Waals surface area contributed by atoms with Crippen molar-refractivity contribution in [1.82, 2.24) is 5.16 Å². The Hall–Kier alpha value is -3.12. The number of aromatic nitrogens is 1. The molecule has 2 bridgehead atoms. The summed E-state index contributed by atoms with van der Waals surface area (Å²) in [4.78, 5) is 14.3. The van der Waals surface area contributed by atoms with Crippen LogP contribution >= 0.6 is 0 Å². The Kier molecular flexibility index (Phi) is 5.43. The van der Waals surface area contributed by atoms with Gasteiger partial charge in [-0.3, -0.25) is 4.79 Å². The highest BCUT2D eigenvalue weighted by Crippen LogP contribution is 2.49. The summed E-state index contributed by atoms with van der Waals surface area (Å²) in [6.07, 6.45) is 8.45. The summed E-state index contributed by atoms with van der Waals surface area (Å²) in [5.41, 5.74) is 5.92. The van der Waals surface area contributed by atoms with Crippen LogP contribution in [-0.4, -0.2) is 34.4 Å². The smallest absolute Gasteiger partial charge is 0.314 e. The van der Waals surface area contributed by atoms with E-state index >= 15 is 0 Å². The highest BCUT2D eigenvalue weighted by molar-refractivity contribution is 5.85. The van der Waals surface area contributed by atoms with Crippen LogP contribution in [0.1, 0.15) is 79.7 Å². The molecule has 4 fully saturated rings. The van der Waals surface area contributed by atoms with E-state index in [0.29, 0.717) is 24.6 Å². The van der Waals surface area contributed by atoms with Crippen LogP contribution in [0.2, 0.25) is 0 Å². The molecular weight excluding hydrogens is 464 g/mol. The molecule has 3 atom stereocenters. The number of carboxylic acids is 1. The molecule has 192 valence electrons. The van der Waals surface area contributed by atoms with Crippen molar-refractivity contribution in [1.29, 1.82) is 0 Å². The number of rotatable bonds is 8. The number of benzene rings is 2. The zero-order valence-corrected chi connectivity index (χ0v) is 21.4. The number of hydrogen-bond acceptors (Lipinski definition) is 5. The summed E-state index contributed by atoms with van der Waals surface area (Å²) < 4.78 is 12.5. The first-order valence-corrected chi connectivity index (χ1v) is 13.8. The third-order valence-electron chi connectivity index (χ3n) is 9.20. The third kappa shape index (κ3) is 3.97. The van der Waals surface area contributed by atoms with Crippen molar-refractivity contribution in [3.8, 4) is 11.3 Å². The van der Waals surface area contributed by atoms with E-state index in [2.05, 4.69) is 53.4 Å². The number of nitrogens with zero attached hydrogens (tertiary/aromatic N) is 2. The van der Waals surface area contributed by atoms with Gasteiger partial charge in [0.2, 0.25) is 0 Å². The van der Waals surface area contributed by atoms with Crippen molar-refractivity contribution < 1.29 is 19.2 Å². The number of hydrogen-bond donors (Lipinski definition) is 1. The zero-order valence-electron chi connectivity index (χ0n) is 21.4. The minimum Gasteiger partial charge on any atom is -0.481 e. The van der Waals surface area contributed by atoms with E-state index in [4.69, 9.17) is 9.26 Å². The topological polar surface area (TPSA) is 75.8 Å². The van der Waals surface area contributed by atoms with Crippen molar-refractivity contribution in [2.24, 2.45) is 0 Å². The van der Waals surface area contributed by atoms with E-state index in [1.165, 1.54) is 36.9 Å². The van der Waals surface area contributed by atoms with E-state index in [1.54, 1.807) is 0 Å². The molecule has 2 aromatic carbocycles. The monoisotopic (exact) mass is 498 g/mol. The quantitative estimate of drug-likeness (QED) is 0.389. The van der Waals surface area contributed by atoms with Gasteiger partial charge in [0.05, 0.1) is 18.1 Å². The summed E-state index contributed by atoms with van der Waals surface area (Å²) in [6.45, 7) is 2.67. The molecule has 6 heteroatoms. The molecule has 2 saturated heterocycles. The van der Waals surface area contributed by atoms with Gasteiger partial charge < -0.3 is 19.3 Å². The molecule has 2 aliphatic carbocycles. The molecule has 4 aliphatic rings. The molecule has 3 heterocycles. The number of anilines is 1. The van der Waals surface area contributed by atoms with Crippen molar-refractivity contribution in [3.05, 3.63) is 71.0 Å². The lowest BCUT2D eigenvalue weighted by Crippen LogP contribution is -2.45. The van der Waals surface area contributed by atoms with Crippen LogP contribution in [0, 0.1) is 6.92 Å². The second kappa shape index (κ2) is 8.73. The molecule has 1 aromatic heterocycles. The van der Waals surface area contributed by atoms with Crippen LogP contribution in [0.5, 0.6) is 0 Å². The number of fused-ring (bicyclic) bond motifs is 2. The maximum Gasteiger partial charge on any atom is 0.314 e. The normalized spacial score (nSPS) is 25.9. The number of ether oxygens (including phenoxy) is 1. The highest BCUT2D eigenvalue weighted by atomic mass is 16.5. The van der Waals surface area contributed by atoms with Crippen LogP contribution in [-0.2, 0) is 21.6 Å². The lowest BCUT2D eigenvalue weighted by molar-refractivity contribution is -0.140. The van der Waals surface area contributed by atoms with E-state index < -0.39 is 11.4 Å². The minimum absolute atomic E-state index is 0.224. The number of aryl methyl sites for hydroxylation is 1. The summed E-state index contributed by atoms with van der Waals surface area (Å²) in [5, 5.41) is 14.1. The van der Waals surface area contributed by atoms with E-state index in [-0.39, 0.29) is 6.10 Å². The fourth-order valence-electron chi connectivity index (χ4n) is 6.77. The molecular formula is C31H34N2O4. The molecule has 2 aliphatic heterocycles. The van der Waals surface area contributed by atoms with Gasteiger partial charge in [-0.25, -0.2) is 0 Å². The molecule has 2 saturated carbocycles. The van der Waals surface area contributed by atoms with E-state index in [0.717, 1.165) is 53.8 Å². The zero-order chi connectivity index (χ0) is 25.1. The predicted octanol–water partition coefficient (Wildman–Crippen LogP) is 6.36. The van der Waals surface area contributed by atoms with Gasteiger partial charge in [-0.15, -0.1) is 0 Å². The Bertz CT molecular complexity index is 1310. The molecule has 2 unspecified atom stereocenters. The Morgan fingerprint density at radius 1 is 1.05 bits per heavy atom. The summed E-state index contributed by atoms with van der Waals surface area (Å²) >= 11 is 0. The van der Waals surface area contributed by atoms with Gasteiger partial charge in [0, 0.05) is 34.8 Å². The Labute approximate surface area is 217 Å². The number of piperidine rings is 1. The van der Waals surface area contributed by atoms with Crippen molar-refractivity contribution in [2.45, 2.75) is 94.4 Å². The number of carboxylic acid groups (broad SMARTS) is 1. The average Bonchev–Trinajstić information content (AvgIpc) is 3.83. The summed E-state index contributed by atoms with van der Waals surface area (Å²) in [5.74, 6) is 0.816. The molecule has 0 spiro atoms.